The molecule has 2 atom stereocenters. The first-order valence-electron chi connectivity index (χ1n) is 7.86. The average molecular weight is 278 g/mol. The smallest absolute Gasteiger partial charge is 0.0827 e. The van der Waals surface area contributed by atoms with Crippen molar-refractivity contribution in [1.82, 2.24) is 20.0 Å². The van der Waals surface area contributed by atoms with Gasteiger partial charge in [-0.25, -0.2) is 0 Å². The van der Waals surface area contributed by atoms with Crippen LogP contribution >= 0.6 is 0 Å². The van der Waals surface area contributed by atoms with E-state index in [1.54, 1.807) is 0 Å². The van der Waals surface area contributed by atoms with Crippen molar-refractivity contribution in [3.63, 3.8) is 0 Å². The normalized spacial score (nSPS) is 26.9. The van der Waals surface area contributed by atoms with Crippen LogP contribution in [-0.2, 0) is 17.8 Å². The standard InChI is InChI=1S/C15H26N4O/c1-3-19-14(7-12(2)17-19)8-16-9-15-10-18-6-4-5-13(18)11-20-15/h7,13,15-16H,3-6,8-11H2,1-2H3. The second kappa shape index (κ2) is 6.24. The maximum Gasteiger partial charge on any atom is 0.0827 e. The number of aromatic nitrogens is 2. The minimum atomic E-state index is 0.337. The van der Waals surface area contributed by atoms with Gasteiger partial charge in [0.2, 0.25) is 0 Å². The van der Waals surface area contributed by atoms with Crippen LogP contribution in [-0.4, -0.2) is 53.1 Å². The summed E-state index contributed by atoms with van der Waals surface area (Å²) in [6.45, 7) is 10.2. The van der Waals surface area contributed by atoms with Gasteiger partial charge in [0.15, 0.2) is 0 Å². The van der Waals surface area contributed by atoms with E-state index < -0.39 is 0 Å². The largest absolute Gasteiger partial charge is 0.374 e. The molecule has 0 bridgehead atoms. The molecule has 0 spiro atoms. The molecule has 1 aromatic heterocycles. The first-order valence-corrected chi connectivity index (χ1v) is 7.86. The molecule has 1 N–H and O–H groups in total. The van der Waals surface area contributed by atoms with Crippen LogP contribution in [0.4, 0.5) is 0 Å². The molecule has 112 valence electrons. The van der Waals surface area contributed by atoms with E-state index >= 15 is 0 Å². The van der Waals surface area contributed by atoms with Gasteiger partial charge in [0, 0.05) is 32.2 Å². The molecule has 0 aliphatic carbocycles. The lowest BCUT2D eigenvalue weighted by molar-refractivity contribution is -0.0470. The van der Waals surface area contributed by atoms with E-state index in [1.807, 2.05) is 6.92 Å². The molecule has 2 saturated heterocycles. The first-order chi connectivity index (χ1) is 9.76. The third-order valence-corrected chi connectivity index (χ3v) is 4.42. The molecule has 3 rings (SSSR count). The van der Waals surface area contributed by atoms with Gasteiger partial charge in [-0.15, -0.1) is 0 Å². The van der Waals surface area contributed by atoms with E-state index in [1.165, 1.54) is 25.1 Å². The van der Waals surface area contributed by atoms with Crippen molar-refractivity contribution in [1.29, 1.82) is 0 Å². The van der Waals surface area contributed by atoms with E-state index in [4.69, 9.17) is 4.74 Å². The highest BCUT2D eigenvalue weighted by atomic mass is 16.5. The number of ether oxygens (including phenoxy) is 1. The van der Waals surface area contributed by atoms with E-state index in [0.29, 0.717) is 12.1 Å². The number of aryl methyl sites for hydroxylation is 2. The molecule has 2 unspecified atom stereocenters. The fraction of sp³-hybridized carbons (Fsp3) is 0.800. The van der Waals surface area contributed by atoms with Gasteiger partial charge >= 0.3 is 0 Å². The molecule has 0 aromatic carbocycles. The van der Waals surface area contributed by atoms with E-state index in [2.05, 4.69) is 33.0 Å². The minimum absolute atomic E-state index is 0.337. The number of morpholine rings is 1. The van der Waals surface area contributed by atoms with Crippen molar-refractivity contribution in [2.45, 2.75) is 51.9 Å². The highest BCUT2D eigenvalue weighted by molar-refractivity contribution is 5.08. The van der Waals surface area contributed by atoms with Gasteiger partial charge in [-0.2, -0.15) is 5.10 Å². The molecule has 0 saturated carbocycles. The Balaban J connectivity index is 1.45. The molecule has 3 heterocycles. The van der Waals surface area contributed by atoms with Crippen LogP contribution in [0.15, 0.2) is 6.07 Å². The lowest BCUT2D eigenvalue weighted by Crippen LogP contribution is -2.49. The summed E-state index contributed by atoms with van der Waals surface area (Å²) in [5, 5.41) is 8.00. The second-order valence-corrected chi connectivity index (χ2v) is 5.97. The van der Waals surface area contributed by atoms with Gasteiger partial charge in [-0.1, -0.05) is 0 Å². The zero-order chi connectivity index (χ0) is 13.9. The van der Waals surface area contributed by atoms with Crippen molar-refractivity contribution >= 4 is 0 Å². The monoisotopic (exact) mass is 278 g/mol. The lowest BCUT2D eigenvalue weighted by atomic mass is 10.2. The van der Waals surface area contributed by atoms with Gasteiger partial charge < -0.3 is 10.1 Å². The summed E-state index contributed by atoms with van der Waals surface area (Å²) in [7, 11) is 0. The number of nitrogens with zero attached hydrogens (tertiary/aromatic N) is 3. The number of rotatable bonds is 5. The summed E-state index contributed by atoms with van der Waals surface area (Å²) in [6.07, 6.45) is 2.99. The van der Waals surface area contributed by atoms with Gasteiger partial charge in [0.25, 0.3) is 0 Å². The van der Waals surface area contributed by atoms with Gasteiger partial charge in [0.05, 0.1) is 24.1 Å². The third kappa shape index (κ3) is 3.05. The number of hydrogen-bond acceptors (Lipinski definition) is 4. The third-order valence-electron chi connectivity index (χ3n) is 4.42. The molecule has 2 aliphatic rings. The van der Waals surface area contributed by atoms with Crippen molar-refractivity contribution in [3.05, 3.63) is 17.5 Å². The Hall–Kier alpha value is -0.910. The van der Waals surface area contributed by atoms with Crippen molar-refractivity contribution in [3.8, 4) is 0 Å². The maximum atomic E-state index is 5.96. The lowest BCUT2D eigenvalue weighted by Gasteiger charge is -2.35. The number of fused-ring (bicyclic) bond motifs is 1. The van der Waals surface area contributed by atoms with Gasteiger partial charge in [-0.05, 0) is 39.3 Å². The molecule has 2 aliphatic heterocycles. The molecule has 1 aromatic rings. The fourth-order valence-electron chi connectivity index (χ4n) is 3.39. The molecule has 2 fully saturated rings. The predicted octanol–water partition coefficient (Wildman–Crippen LogP) is 1.16. The summed E-state index contributed by atoms with van der Waals surface area (Å²) in [4.78, 5) is 2.59. The van der Waals surface area contributed by atoms with Crippen LogP contribution in [0.1, 0.15) is 31.2 Å². The average Bonchev–Trinajstić information content (AvgIpc) is 3.04. The Labute approximate surface area is 121 Å². The van der Waals surface area contributed by atoms with Crippen molar-refractivity contribution in [2.75, 3.05) is 26.2 Å². The maximum absolute atomic E-state index is 5.96. The van der Waals surface area contributed by atoms with E-state index in [-0.39, 0.29) is 0 Å². The van der Waals surface area contributed by atoms with Gasteiger partial charge in [0.1, 0.15) is 0 Å². The van der Waals surface area contributed by atoms with E-state index in [9.17, 15) is 0 Å². The fourth-order valence-corrected chi connectivity index (χ4v) is 3.39. The zero-order valence-electron chi connectivity index (χ0n) is 12.6. The summed E-state index contributed by atoms with van der Waals surface area (Å²) >= 11 is 0. The number of hydrogen-bond donors (Lipinski definition) is 1. The number of nitrogens with one attached hydrogen (secondary N) is 1. The van der Waals surface area contributed by atoms with Crippen LogP contribution in [0, 0.1) is 6.92 Å². The van der Waals surface area contributed by atoms with Crippen molar-refractivity contribution < 1.29 is 4.74 Å². The van der Waals surface area contributed by atoms with Crippen LogP contribution in [0.2, 0.25) is 0 Å². The SMILES string of the molecule is CCn1nc(C)cc1CNCC1CN2CCCC2CO1. The Bertz CT molecular complexity index is 445. The first kappa shape index (κ1) is 14.0. The zero-order valence-corrected chi connectivity index (χ0v) is 12.6. The Morgan fingerprint density at radius 2 is 2.40 bits per heavy atom. The topological polar surface area (TPSA) is 42.3 Å². The summed E-state index contributed by atoms with van der Waals surface area (Å²) in [5.74, 6) is 0. The summed E-state index contributed by atoms with van der Waals surface area (Å²) in [6, 6.07) is 2.85. The highest BCUT2D eigenvalue weighted by Crippen LogP contribution is 2.22. The second-order valence-electron chi connectivity index (χ2n) is 5.97. The van der Waals surface area contributed by atoms with Gasteiger partial charge in [-0.3, -0.25) is 9.58 Å². The molecule has 0 radical (unpaired) electrons. The molecule has 0 amide bonds. The molecule has 20 heavy (non-hydrogen) atoms. The summed E-state index contributed by atoms with van der Waals surface area (Å²) in [5.41, 5.74) is 2.36. The van der Waals surface area contributed by atoms with Crippen molar-refractivity contribution in [2.24, 2.45) is 0 Å². The highest BCUT2D eigenvalue weighted by Gasteiger charge is 2.31. The molecule has 5 heteroatoms. The van der Waals surface area contributed by atoms with Crippen LogP contribution < -0.4 is 5.32 Å². The Kier molecular flexibility index (Phi) is 4.38. The predicted molar refractivity (Wildman–Crippen MR) is 78.7 cm³/mol. The van der Waals surface area contributed by atoms with Crippen LogP contribution in [0.3, 0.4) is 0 Å². The minimum Gasteiger partial charge on any atom is -0.374 e. The van der Waals surface area contributed by atoms with Crippen LogP contribution in [0.5, 0.6) is 0 Å². The Morgan fingerprint density at radius 3 is 3.25 bits per heavy atom. The Morgan fingerprint density at radius 1 is 1.50 bits per heavy atom. The molecule has 5 nitrogen and oxygen atoms in total. The molecular weight excluding hydrogens is 252 g/mol. The van der Waals surface area contributed by atoms with Crippen LogP contribution in [0.25, 0.3) is 0 Å². The molecular formula is C15H26N4O. The summed E-state index contributed by atoms with van der Waals surface area (Å²) < 4.78 is 8.03. The quantitative estimate of drug-likeness (QED) is 0.878. The van der Waals surface area contributed by atoms with E-state index in [0.717, 1.165) is 38.5 Å².